The number of rotatable bonds is 3. The fourth-order valence-electron chi connectivity index (χ4n) is 2.43. The van der Waals surface area contributed by atoms with E-state index >= 15 is 0 Å². The van der Waals surface area contributed by atoms with Crippen LogP contribution >= 0.6 is 11.6 Å². The second-order valence-electron chi connectivity index (χ2n) is 4.80. The van der Waals surface area contributed by atoms with Gasteiger partial charge in [0.05, 0.1) is 0 Å². The van der Waals surface area contributed by atoms with Crippen molar-refractivity contribution in [1.29, 1.82) is 0 Å². The molecule has 1 N–H and O–H groups in total. The Balaban J connectivity index is 1.85. The first-order chi connectivity index (χ1) is 7.75. The lowest BCUT2D eigenvalue weighted by molar-refractivity contribution is 0.300. The predicted molar refractivity (Wildman–Crippen MR) is 67.5 cm³/mol. The van der Waals surface area contributed by atoms with Gasteiger partial charge in [0, 0.05) is 24.3 Å². The zero-order valence-corrected chi connectivity index (χ0v) is 10.5. The number of hydrogen-bond donors (Lipinski definition) is 1. The Bertz CT molecular complexity index is 340. The minimum absolute atomic E-state index is 0.624. The maximum Gasteiger partial charge on any atom is 0.133 e. The number of nitrogens with one attached hydrogen (secondary N) is 1. The third kappa shape index (κ3) is 3.19. The Kier molecular flexibility index (Phi) is 4.19. The zero-order valence-electron chi connectivity index (χ0n) is 9.75. The van der Waals surface area contributed by atoms with Crippen molar-refractivity contribution in [2.75, 3.05) is 0 Å². The van der Waals surface area contributed by atoms with Crippen molar-refractivity contribution in [1.82, 2.24) is 10.3 Å². The minimum Gasteiger partial charge on any atom is -0.310 e. The molecule has 0 aliphatic heterocycles. The van der Waals surface area contributed by atoms with Crippen molar-refractivity contribution in [3.05, 3.63) is 29.0 Å². The summed E-state index contributed by atoms with van der Waals surface area (Å²) in [6.45, 7) is 3.18. The first-order valence-electron chi connectivity index (χ1n) is 6.08. The lowest BCUT2D eigenvalue weighted by atomic mass is 9.87. The Morgan fingerprint density at radius 1 is 1.50 bits per heavy atom. The molecule has 1 aliphatic carbocycles. The highest BCUT2D eigenvalue weighted by Gasteiger charge is 2.18. The molecule has 2 atom stereocenters. The molecule has 0 saturated heterocycles. The maximum absolute atomic E-state index is 6.02. The largest absolute Gasteiger partial charge is 0.310 e. The van der Waals surface area contributed by atoms with Crippen LogP contribution in [0, 0.1) is 5.92 Å². The standard InChI is InChI=1S/C13H19ClN2/c1-10-4-2-6-12(8-10)16-9-11-5-3-7-15-13(11)14/h3,5,7,10,12,16H,2,4,6,8-9H2,1H3. The smallest absolute Gasteiger partial charge is 0.133 e. The molecule has 1 heterocycles. The second kappa shape index (κ2) is 5.65. The number of hydrogen-bond acceptors (Lipinski definition) is 2. The molecule has 1 fully saturated rings. The van der Waals surface area contributed by atoms with E-state index in [1.54, 1.807) is 6.20 Å². The summed E-state index contributed by atoms with van der Waals surface area (Å²) in [6.07, 6.45) is 7.04. The van der Waals surface area contributed by atoms with Gasteiger partial charge in [-0.2, -0.15) is 0 Å². The molecule has 2 rings (SSSR count). The van der Waals surface area contributed by atoms with E-state index in [4.69, 9.17) is 11.6 Å². The van der Waals surface area contributed by atoms with Gasteiger partial charge in [-0.25, -0.2) is 4.98 Å². The molecule has 16 heavy (non-hydrogen) atoms. The molecule has 1 aromatic heterocycles. The second-order valence-corrected chi connectivity index (χ2v) is 5.16. The van der Waals surface area contributed by atoms with E-state index in [1.165, 1.54) is 25.7 Å². The zero-order chi connectivity index (χ0) is 11.4. The van der Waals surface area contributed by atoms with Gasteiger partial charge in [-0.3, -0.25) is 0 Å². The van der Waals surface area contributed by atoms with Gasteiger partial charge in [-0.1, -0.05) is 37.4 Å². The number of nitrogens with zero attached hydrogens (tertiary/aromatic N) is 1. The molecular formula is C13H19ClN2. The van der Waals surface area contributed by atoms with Gasteiger partial charge >= 0.3 is 0 Å². The molecule has 3 heteroatoms. The fraction of sp³-hybridized carbons (Fsp3) is 0.615. The molecule has 0 amide bonds. The summed E-state index contributed by atoms with van der Waals surface area (Å²) >= 11 is 6.02. The molecule has 0 bridgehead atoms. The highest BCUT2D eigenvalue weighted by molar-refractivity contribution is 6.30. The van der Waals surface area contributed by atoms with E-state index in [0.29, 0.717) is 11.2 Å². The van der Waals surface area contributed by atoms with Gasteiger partial charge in [0.15, 0.2) is 0 Å². The highest BCUT2D eigenvalue weighted by atomic mass is 35.5. The van der Waals surface area contributed by atoms with Crippen LogP contribution in [0.2, 0.25) is 5.15 Å². The van der Waals surface area contributed by atoms with Crippen molar-refractivity contribution in [2.24, 2.45) is 5.92 Å². The molecule has 2 nitrogen and oxygen atoms in total. The van der Waals surface area contributed by atoms with Crippen LogP contribution < -0.4 is 5.32 Å². The third-order valence-corrected chi connectivity index (χ3v) is 3.69. The number of halogens is 1. The van der Waals surface area contributed by atoms with E-state index < -0.39 is 0 Å². The predicted octanol–water partition coefficient (Wildman–Crippen LogP) is 3.40. The van der Waals surface area contributed by atoms with E-state index in [9.17, 15) is 0 Å². The van der Waals surface area contributed by atoms with Crippen LogP contribution in [0.1, 0.15) is 38.2 Å². The van der Waals surface area contributed by atoms with Crippen LogP contribution in [0.3, 0.4) is 0 Å². The van der Waals surface area contributed by atoms with E-state index in [-0.39, 0.29) is 0 Å². The van der Waals surface area contributed by atoms with Crippen molar-refractivity contribution in [3.8, 4) is 0 Å². The van der Waals surface area contributed by atoms with Crippen LogP contribution in [0.25, 0.3) is 0 Å². The van der Waals surface area contributed by atoms with E-state index in [1.807, 2.05) is 12.1 Å². The van der Waals surface area contributed by atoms with Crippen LogP contribution in [-0.2, 0) is 6.54 Å². The van der Waals surface area contributed by atoms with Crippen molar-refractivity contribution in [2.45, 2.75) is 45.2 Å². The van der Waals surface area contributed by atoms with Crippen LogP contribution in [0.5, 0.6) is 0 Å². The van der Waals surface area contributed by atoms with Gasteiger partial charge < -0.3 is 5.32 Å². The molecule has 0 aromatic carbocycles. The first kappa shape index (κ1) is 11.9. The number of pyridine rings is 1. The maximum atomic E-state index is 6.02. The van der Waals surface area contributed by atoms with Crippen molar-refractivity contribution in [3.63, 3.8) is 0 Å². The van der Waals surface area contributed by atoms with Crippen LogP contribution in [0.4, 0.5) is 0 Å². The summed E-state index contributed by atoms with van der Waals surface area (Å²) < 4.78 is 0. The van der Waals surface area contributed by atoms with E-state index in [2.05, 4.69) is 17.2 Å². The molecule has 0 radical (unpaired) electrons. The highest BCUT2D eigenvalue weighted by Crippen LogP contribution is 2.24. The summed E-state index contributed by atoms with van der Waals surface area (Å²) in [6, 6.07) is 4.63. The SMILES string of the molecule is CC1CCCC(NCc2cccnc2Cl)C1. The van der Waals surface area contributed by atoms with Crippen LogP contribution in [-0.4, -0.2) is 11.0 Å². The topological polar surface area (TPSA) is 24.9 Å². The van der Waals surface area contributed by atoms with Gasteiger partial charge in [-0.15, -0.1) is 0 Å². The summed E-state index contributed by atoms with van der Waals surface area (Å²) in [5, 5.41) is 4.21. The first-order valence-corrected chi connectivity index (χ1v) is 6.46. The molecule has 1 aliphatic rings. The fourth-order valence-corrected chi connectivity index (χ4v) is 2.61. The summed E-state index contributed by atoms with van der Waals surface area (Å²) in [5.41, 5.74) is 1.10. The molecule has 1 saturated carbocycles. The van der Waals surface area contributed by atoms with Gasteiger partial charge in [0.1, 0.15) is 5.15 Å². The molecular weight excluding hydrogens is 220 g/mol. The molecule has 88 valence electrons. The Morgan fingerprint density at radius 2 is 2.38 bits per heavy atom. The average molecular weight is 239 g/mol. The lowest BCUT2D eigenvalue weighted by Crippen LogP contribution is -2.33. The normalized spacial score (nSPS) is 25.6. The number of aromatic nitrogens is 1. The Hall–Kier alpha value is -0.600. The summed E-state index contributed by atoms with van der Waals surface area (Å²) in [7, 11) is 0. The minimum atomic E-state index is 0.624. The van der Waals surface area contributed by atoms with Gasteiger partial charge in [-0.05, 0) is 24.8 Å². The quantitative estimate of drug-likeness (QED) is 0.817. The molecule has 1 aromatic rings. The monoisotopic (exact) mass is 238 g/mol. The van der Waals surface area contributed by atoms with Crippen LogP contribution in [0.15, 0.2) is 18.3 Å². The van der Waals surface area contributed by atoms with E-state index in [0.717, 1.165) is 18.0 Å². The Labute approximate surface area is 102 Å². The molecule has 0 spiro atoms. The van der Waals surface area contributed by atoms with Crippen molar-refractivity contribution < 1.29 is 0 Å². The lowest BCUT2D eigenvalue weighted by Gasteiger charge is -2.27. The van der Waals surface area contributed by atoms with Gasteiger partial charge in [0.25, 0.3) is 0 Å². The Morgan fingerprint density at radius 3 is 3.12 bits per heavy atom. The summed E-state index contributed by atoms with van der Waals surface area (Å²) in [5.74, 6) is 0.857. The van der Waals surface area contributed by atoms with Gasteiger partial charge in [0.2, 0.25) is 0 Å². The summed E-state index contributed by atoms with van der Waals surface area (Å²) in [4.78, 5) is 4.08. The third-order valence-electron chi connectivity index (χ3n) is 3.35. The average Bonchev–Trinajstić information content (AvgIpc) is 2.28. The van der Waals surface area contributed by atoms with Crippen molar-refractivity contribution >= 4 is 11.6 Å². The molecule has 2 unspecified atom stereocenters.